The molecule has 0 bridgehead atoms. The molecule has 0 amide bonds. The minimum Gasteiger partial charge on any atom is -0.469 e. The summed E-state index contributed by atoms with van der Waals surface area (Å²) in [6.07, 6.45) is 3.17. The van der Waals surface area contributed by atoms with Gasteiger partial charge in [0.15, 0.2) is 0 Å². The number of rotatable bonds is 4. The van der Waals surface area contributed by atoms with E-state index in [0.29, 0.717) is 19.5 Å². The van der Waals surface area contributed by atoms with Crippen LogP contribution in [0.4, 0.5) is 0 Å². The van der Waals surface area contributed by atoms with Gasteiger partial charge in [0, 0.05) is 19.0 Å². The Bertz CT molecular complexity index is 424. The van der Waals surface area contributed by atoms with Gasteiger partial charge in [0.25, 0.3) is 0 Å². The molecule has 0 radical (unpaired) electrons. The quantitative estimate of drug-likeness (QED) is 0.810. The van der Waals surface area contributed by atoms with E-state index in [1.807, 2.05) is 19.1 Å². The maximum atomic E-state index is 11.8. The van der Waals surface area contributed by atoms with Crippen molar-refractivity contribution in [3.63, 3.8) is 0 Å². The first-order valence-corrected chi connectivity index (χ1v) is 7.25. The smallest absolute Gasteiger partial charge is 0.214 e. The van der Waals surface area contributed by atoms with Gasteiger partial charge in [-0.25, -0.2) is 12.7 Å². The molecule has 1 aliphatic rings. The first-order valence-electron chi connectivity index (χ1n) is 5.64. The fraction of sp³-hybridized carbons (Fsp3) is 0.636. The number of hydrogen-bond acceptors (Lipinski definition) is 3. The van der Waals surface area contributed by atoms with Crippen LogP contribution in [0.1, 0.15) is 31.4 Å². The van der Waals surface area contributed by atoms with E-state index in [2.05, 4.69) is 0 Å². The Morgan fingerprint density at radius 3 is 3.00 bits per heavy atom. The summed E-state index contributed by atoms with van der Waals surface area (Å²) in [6.45, 7) is 3.07. The number of nitrogens with zero attached hydrogens (tertiary/aromatic N) is 1. The Balaban J connectivity index is 2.04. The third-order valence-corrected chi connectivity index (χ3v) is 4.99. The molecule has 1 aromatic rings. The van der Waals surface area contributed by atoms with Crippen LogP contribution in [0.5, 0.6) is 0 Å². The van der Waals surface area contributed by atoms with Crippen LogP contribution in [-0.4, -0.2) is 31.6 Å². The van der Waals surface area contributed by atoms with Gasteiger partial charge < -0.3 is 4.42 Å². The van der Waals surface area contributed by atoms with Gasteiger partial charge in [-0.1, -0.05) is 6.92 Å². The molecular formula is C11H17NO3S. The summed E-state index contributed by atoms with van der Waals surface area (Å²) in [5.74, 6) is 1.37. The van der Waals surface area contributed by atoms with Gasteiger partial charge in [-0.3, -0.25) is 0 Å². The van der Waals surface area contributed by atoms with Crippen molar-refractivity contribution in [3.8, 4) is 0 Å². The molecular weight excluding hydrogens is 226 g/mol. The van der Waals surface area contributed by atoms with Crippen LogP contribution < -0.4 is 0 Å². The highest BCUT2D eigenvalue weighted by Crippen LogP contribution is 2.29. The van der Waals surface area contributed by atoms with Crippen molar-refractivity contribution in [2.24, 2.45) is 0 Å². The molecule has 1 fully saturated rings. The SMILES string of the molecule is CCCS(=O)(=O)N1CCC(c2ccco2)C1. The molecule has 90 valence electrons. The Hall–Kier alpha value is -0.810. The van der Waals surface area contributed by atoms with Crippen LogP contribution >= 0.6 is 0 Å². The number of sulfonamides is 1. The van der Waals surface area contributed by atoms with Crippen molar-refractivity contribution < 1.29 is 12.8 Å². The van der Waals surface area contributed by atoms with Crippen LogP contribution in [0, 0.1) is 0 Å². The zero-order chi connectivity index (χ0) is 11.6. The van der Waals surface area contributed by atoms with E-state index in [1.165, 1.54) is 0 Å². The van der Waals surface area contributed by atoms with Gasteiger partial charge in [0.2, 0.25) is 10.0 Å². The number of hydrogen-bond donors (Lipinski definition) is 0. The van der Waals surface area contributed by atoms with Crippen LogP contribution in [-0.2, 0) is 10.0 Å². The highest BCUT2D eigenvalue weighted by molar-refractivity contribution is 7.89. The maximum absolute atomic E-state index is 11.8. The molecule has 1 aliphatic heterocycles. The molecule has 1 aromatic heterocycles. The molecule has 4 nitrogen and oxygen atoms in total. The summed E-state index contributed by atoms with van der Waals surface area (Å²) in [7, 11) is -3.04. The van der Waals surface area contributed by atoms with Crippen molar-refractivity contribution in [3.05, 3.63) is 24.2 Å². The lowest BCUT2D eigenvalue weighted by atomic mass is 10.1. The van der Waals surface area contributed by atoms with E-state index >= 15 is 0 Å². The Kier molecular flexibility index (Phi) is 3.35. The molecule has 5 heteroatoms. The summed E-state index contributed by atoms with van der Waals surface area (Å²) in [5, 5.41) is 0. The summed E-state index contributed by atoms with van der Waals surface area (Å²) in [5.41, 5.74) is 0. The lowest BCUT2D eigenvalue weighted by Gasteiger charge is -2.15. The van der Waals surface area contributed by atoms with Gasteiger partial charge in [-0.2, -0.15) is 0 Å². The van der Waals surface area contributed by atoms with E-state index in [-0.39, 0.29) is 11.7 Å². The topological polar surface area (TPSA) is 50.5 Å². The molecule has 2 rings (SSSR count). The predicted octanol–water partition coefficient (Wildman–Crippen LogP) is 1.81. The first-order chi connectivity index (χ1) is 7.63. The van der Waals surface area contributed by atoms with E-state index in [4.69, 9.17) is 4.42 Å². The normalized spacial score (nSPS) is 22.7. The van der Waals surface area contributed by atoms with Crippen LogP contribution in [0.3, 0.4) is 0 Å². The summed E-state index contributed by atoms with van der Waals surface area (Å²) < 4.78 is 30.6. The average molecular weight is 243 g/mol. The number of furan rings is 1. The molecule has 1 saturated heterocycles. The molecule has 0 aliphatic carbocycles. The maximum Gasteiger partial charge on any atom is 0.214 e. The molecule has 0 aromatic carbocycles. The van der Waals surface area contributed by atoms with Gasteiger partial charge in [0.1, 0.15) is 5.76 Å². The molecule has 0 N–H and O–H groups in total. The minimum atomic E-state index is -3.04. The summed E-state index contributed by atoms with van der Waals surface area (Å²) in [4.78, 5) is 0. The van der Waals surface area contributed by atoms with Gasteiger partial charge in [-0.15, -0.1) is 0 Å². The summed E-state index contributed by atoms with van der Waals surface area (Å²) >= 11 is 0. The zero-order valence-corrected chi connectivity index (χ0v) is 10.2. The third kappa shape index (κ3) is 2.30. The fourth-order valence-corrected chi connectivity index (χ4v) is 3.69. The molecule has 16 heavy (non-hydrogen) atoms. The molecule has 1 unspecified atom stereocenters. The van der Waals surface area contributed by atoms with Crippen LogP contribution in [0.2, 0.25) is 0 Å². The standard InChI is InChI=1S/C11H17NO3S/c1-2-8-16(13,14)12-6-5-10(9-12)11-4-3-7-15-11/h3-4,7,10H,2,5-6,8-9H2,1H3. The van der Waals surface area contributed by atoms with Crippen molar-refractivity contribution >= 4 is 10.0 Å². The second-order valence-electron chi connectivity index (χ2n) is 4.18. The highest BCUT2D eigenvalue weighted by Gasteiger charge is 2.32. The Morgan fingerprint density at radius 2 is 2.38 bits per heavy atom. The average Bonchev–Trinajstić information content (AvgIpc) is 2.89. The molecule has 2 heterocycles. The first kappa shape index (κ1) is 11.7. The van der Waals surface area contributed by atoms with Gasteiger partial charge in [0.05, 0.1) is 12.0 Å². The van der Waals surface area contributed by atoms with Crippen molar-refractivity contribution in [2.75, 3.05) is 18.8 Å². The highest BCUT2D eigenvalue weighted by atomic mass is 32.2. The largest absolute Gasteiger partial charge is 0.469 e. The second kappa shape index (κ2) is 4.59. The lowest BCUT2D eigenvalue weighted by Crippen LogP contribution is -2.30. The predicted molar refractivity (Wildman–Crippen MR) is 61.7 cm³/mol. The fourth-order valence-electron chi connectivity index (χ4n) is 2.12. The lowest BCUT2D eigenvalue weighted by molar-refractivity contribution is 0.444. The van der Waals surface area contributed by atoms with Crippen molar-refractivity contribution in [1.82, 2.24) is 4.31 Å². The van der Waals surface area contributed by atoms with Crippen LogP contribution in [0.15, 0.2) is 22.8 Å². The van der Waals surface area contributed by atoms with Crippen LogP contribution in [0.25, 0.3) is 0 Å². The van der Waals surface area contributed by atoms with E-state index in [1.54, 1.807) is 10.6 Å². The molecule has 0 spiro atoms. The Labute approximate surface area is 96.3 Å². The van der Waals surface area contributed by atoms with Crippen molar-refractivity contribution in [1.29, 1.82) is 0 Å². The Morgan fingerprint density at radius 1 is 1.56 bits per heavy atom. The third-order valence-electron chi connectivity index (χ3n) is 2.95. The van der Waals surface area contributed by atoms with E-state index in [9.17, 15) is 8.42 Å². The van der Waals surface area contributed by atoms with Crippen molar-refractivity contribution in [2.45, 2.75) is 25.7 Å². The molecule has 1 atom stereocenters. The minimum absolute atomic E-state index is 0.224. The van der Waals surface area contributed by atoms with E-state index in [0.717, 1.165) is 12.2 Å². The zero-order valence-electron chi connectivity index (χ0n) is 9.43. The van der Waals surface area contributed by atoms with E-state index < -0.39 is 10.0 Å². The summed E-state index contributed by atoms with van der Waals surface area (Å²) in [6, 6.07) is 3.76. The van der Waals surface area contributed by atoms with Gasteiger partial charge >= 0.3 is 0 Å². The monoisotopic (exact) mass is 243 g/mol. The second-order valence-corrected chi connectivity index (χ2v) is 6.26. The van der Waals surface area contributed by atoms with Gasteiger partial charge in [-0.05, 0) is 25.0 Å². The molecule has 0 saturated carbocycles.